The Bertz CT molecular complexity index is 1110. The van der Waals surface area contributed by atoms with Crippen LogP contribution < -0.4 is 5.32 Å². The van der Waals surface area contributed by atoms with Crippen molar-refractivity contribution in [2.45, 2.75) is 38.8 Å². The lowest BCUT2D eigenvalue weighted by Gasteiger charge is -2.29. The molecule has 0 saturated carbocycles. The highest BCUT2D eigenvalue weighted by Crippen LogP contribution is 2.34. The molecule has 0 radical (unpaired) electrons. The number of aromatic nitrogens is 2. The van der Waals surface area contributed by atoms with Gasteiger partial charge < -0.3 is 19.9 Å². The van der Waals surface area contributed by atoms with Crippen molar-refractivity contribution in [1.82, 2.24) is 20.2 Å². The average molecular weight is 473 g/mol. The predicted molar refractivity (Wildman–Crippen MR) is 119 cm³/mol. The molecule has 30 heavy (non-hydrogen) atoms. The minimum absolute atomic E-state index is 0.0593. The Morgan fingerprint density at radius 1 is 1.30 bits per heavy atom. The van der Waals surface area contributed by atoms with Crippen LogP contribution in [0.4, 0.5) is 4.79 Å². The van der Waals surface area contributed by atoms with Crippen LogP contribution in [0.2, 0.25) is 0 Å². The number of carbonyl (C=O) groups excluding carboxylic acids is 2. The number of halogens is 1. The number of aromatic amines is 1. The summed E-state index contributed by atoms with van der Waals surface area (Å²) in [4.78, 5) is 35.2. The van der Waals surface area contributed by atoms with Crippen molar-refractivity contribution in [3.8, 4) is 0 Å². The fraction of sp³-hybridized carbons (Fsp3) is 0.409. The van der Waals surface area contributed by atoms with E-state index in [1.807, 2.05) is 30.9 Å². The summed E-state index contributed by atoms with van der Waals surface area (Å²) in [7, 11) is 1.30. The first kappa shape index (κ1) is 20.7. The first-order chi connectivity index (χ1) is 14.4. The van der Waals surface area contributed by atoms with Gasteiger partial charge in [0, 0.05) is 16.4 Å². The Morgan fingerprint density at radius 3 is 2.83 bits per heavy atom. The van der Waals surface area contributed by atoms with E-state index in [0.717, 1.165) is 44.9 Å². The zero-order valence-corrected chi connectivity index (χ0v) is 18.8. The minimum Gasteiger partial charge on any atom is -0.453 e. The molecule has 1 aliphatic rings. The number of hydrogen-bond donors (Lipinski definition) is 2. The van der Waals surface area contributed by atoms with Crippen molar-refractivity contribution in [1.29, 1.82) is 0 Å². The van der Waals surface area contributed by atoms with Crippen molar-refractivity contribution >= 4 is 49.7 Å². The summed E-state index contributed by atoms with van der Waals surface area (Å²) >= 11 is 3.52. The number of ether oxygens (including phenoxy) is 1. The van der Waals surface area contributed by atoms with Gasteiger partial charge in [0.1, 0.15) is 11.9 Å². The first-order valence-electron chi connectivity index (χ1n) is 10.1. The number of fused-ring (bicyclic) bond motifs is 3. The smallest absolute Gasteiger partial charge is 0.407 e. The van der Waals surface area contributed by atoms with E-state index in [-0.39, 0.29) is 17.9 Å². The van der Waals surface area contributed by atoms with Gasteiger partial charge in [0.15, 0.2) is 0 Å². The SMILES string of the molecule is COC(=O)NC(C(=O)N1CCCC1c1nc2c(ccc3cc(Br)ccc32)[nH]1)C(C)C. The van der Waals surface area contributed by atoms with Crippen molar-refractivity contribution in [3.63, 3.8) is 0 Å². The second kappa shape index (κ2) is 8.26. The van der Waals surface area contributed by atoms with E-state index in [2.05, 4.69) is 44.4 Å². The number of H-pyrrole nitrogens is 1. The number of methoxy groups -OCH3 is 1. The molecule has 2 N–H and O–H groups in total. The molecule has 8 heteroatoms. The highest BCUT2D eigenvalue weighted by molar-refractivity contribution is 9.10. The van der Waals surface area contributed by atoms with Gasteiger partial charge >= 0.3 is 6.09 Å². The summed E-state index contributed by atoms with van der Waals surface area (Å²) in [5, 5.41) is 4.86. The highest BCUT2D eigenvalue weighted by atomic mass is 79.9. The molecule has 2 amide bonds. The fourth-order valence-corrected chi connectivity index (χ4v) is 4.52. The maximum atomic E-state index is 13.3. The molecular formula is C22H25BrN4O3. The van der Waals surface area contributed by atoms with Crippen molar-refractivity contribution < 1.29 is 14.3 Å². The van der Waals surface area contributed by atoms with Gasteiger partial charge in [0.25, 0.3) is 0 Å². The van der Waals surface area contributed by atoms with Crippen LogP contribution in [0, 0.1) is 5.92 Å². The molecule has 2 aromatic carbocycles. The van der Waals surface area contributed by atoms with Crippen LogP contribution in [0.1, 0.15) is 38.6 Å². The Morgan fingerprint density at radius 2 is 2.10 bits per heavy atom. The Labute approximate surface area is 183 Å². The van der Waals surface area contributed by atoms with Gasteiger partial charge in [0.05, 0.1) is 24.2 Å². The Hall–Kier alpha value is -2.61. The summed E-state index contributed by atoms with van der Waals surface area (Å²) in [5.41, 5.74) is 1.86. The number of imidazole rings is 1. The van der Waals surface area contributed by atoms with E-state index >= 15 is 0 Å². The summed E-state index contributed by atoms with van der Waals surface area (Å²) in [6.07, 6.45) is 1.13. The monoisotopic (exact) mass is 472 g/mol. The number of hydrogen-bond acceptors (Lipinski definition) is 4. The lowest BCUT2D eigenvalue weighted by molar-refractivity contribution is -0.135. The number of nitrogens with zero attached hydrogens (tertiary/aromatic N) is 2. The molecule has 0 bridgehead atoms. The molecule has 3 aromatic rings. The van der Waals surface area contributed by atoms with Gasteiger partial charge in [-0.25, -0.2) is 9.78 Å². The standard InChI is InChI=1S/C22H25BrN4O3/c1-12(2)18(26-22(29)30-3)21(28)27-10-4-5-17(27)20-24-16-9-6-13-11-14(23)7-8-15(13)19(16)25-20/h6-9,11-12,17-18H,4-5,10H2,1-3H3,(H,24,25)(H,26,29). The van der Waals surface area contributed by atoms with Crippen LogP contribution in [-0.2, 0) is 9.53 Å². The molecular weight excluding hydrogens is 448 g/mol. The van der Waals surface area contributed by atoms with Crippen LogP contribution in [0.25, 0.3) is 21.8 Å². The van der Waals surface area contributed by atoms with Crippen molar-refractivity contribution in [2.75, 3.05) is 13.7 Å². The van der Waals surface area contributed by atoms with E-state index in [0.29, 0.717) is 6.54 Å². The highest BCUT2D eigenvalue weighted by Gasteiger charge is 2.37. The number of likely N-dealkylation sites (tertiary alicyclic amines) is 1. The number of carbonyl (C=O) groups is 2. The van der Waals surface area contributed by atoms with Crippen LogP contribution >= 0.6 is 15.9 Å². The third-order valence-electron chi connectivity index (χ3n) is 5.69. The molecule has 2 heterocycles. The van der Waals surface area contributed by atoms with Gasteiger partial charge in [-0.15, -0.1) is 0 Å². The number of rotatable bonds is 4. The van der Waals surface area contributed by atoms with E-state index in [4.69, 9.17) is 9.72 Å². The third-order valence-corrected chi connectivity index (χ3v) is 6.18. The number of amides is 2. The molecule has 158 valence electrons. The first-order valence-corrected chi connectivity index (χ1v) is 10.9. The molecule has 2 unspecified atom stereocenters. The predicted octanol–water partition coefficient (Wildman–Crippen LogP) is 4.52. The van der Waals surface area contributed by atoms with E-state index in [1.165, 1.54) is 7.11 Å². The van der Waals surface area contributed by atoms with Crippen molar-refractivity contribution in [2.24, 2.45) is 5.92 Å². The number of benzene rings is 2. The summed E-state index contributed by atoms with van der Waals surface area (Å²) in [5.74, 6) is 0.620. The molecule has 4 rings (SSSR count). The van der Waals surface area contributed by atoms with E-state index in [9.17, 15) is 9.59 Å². The lowest BCUT2D eigenvalue weighted by atomic mass is 10.0. The van der Waals surface area contributed by atoms with Crippen LogP contribution in [-0.4, -0.2) is 46.6 Å². The zero-order chi connectivity index (χ0) is 21.4. The average Bonchev–Trinajstić information content (AvgIpc) is 3.37. The topological polar surface area (TPSA) is 87.3 Å². The molecule has 2 atom stereocenters. The largest absolute Gasteiger partial charge is 0.453 e. The second-order valence-electron chi connectivity index (χ2n) is 8.00. The summed E-state index contributed by atoms with van der Waals surface area (Å²) in [6, 6.07) is 9.44. The molecule has 1 aliphatic heterocycles. The van der Waals surface area contributed by atoms with Gasteiger partial charge in [-0.05, 0) is 42.3 Å². The van der Waals surface area contributed by atoms with Gasteiger partial charge in [-0.3, -0.25) is 4.79 Å². The Balaban J connectivity index is 1.67. The second-order valence-corrected chi connectivity index (χ2v) is 8.91. The zero-order valence-electron chi connectivity index (χ0n) is 17.2. The maximum Gasteiger partial charge on any atom is 0.407 e. The quantitative estimate of drug-likeness (QED) is 0.583. The summed E-state index contributed by atoms with van der Waals surface area (Å²) in [6.45, 7) is 4.46. The van der Waals surface area contributed by atoms with Crippen LogP contribution in [0.15, 0.2) is 34.8 Å². The molecule has 7 nitrogen and oxygen atoms in total. The molecule has 1 aromatic heterocycles. The molecule has 0 aliphatic carbocycles. The van der Waals surface area contributed by atoms with Crippen molar-refractivity contribution in [3.05, 3.63) is 40.6 Å². The summed E-state index contributed by atoms with van der Waals surface area (Å²) < 4.78 is 5.73. The molecule has 0 spiro atoms. The van der Waals surface area contributed by atoms with Crippen LogP contribution in [0.3, 0.4) is 0 Å². The molecule has 1 fully saturated rings. The number of nitrogens with one attached hydrogen (secondary N) is 2. The third kappa shape index (κ3) is 3.76. The maximum absolute atomic E-state index is 13.3. The van der Waals surface area contributed by atoms with Gasteiger partial charge in [-0.2, -0.15) is 0 Å². The van der Waals surface area contributed by atoms with Crippen LogP contribution in [0.5, 0.6) is 0 Å². The normalized spacial score (nSPS) is 17.6. The molecule has 1 saturated heterocycles. The lowest BCUT2D eigenvalue weighted by Crippen LogP contribution is -2.51. The minimum atomic E-state index is -0.638. The number of alkyl carbamates (subject to hydrolysis) is 1. The van der Waals surface area contributed by atoms with E-state index in [1.54, 1.807) is 0 Å². The van der Waals surface area contributed by atoms with E-state index < -0.39 is 12.1 Å². The Kier molecular flexibility index (Phi) is 5.69. The fourth-order valence-electron chi connectivity index (χ4n) is 4.14. The van der Waals surface area contributed by atoms with Gasteiger partial charge in [-0.1, -0.05) is 41.9 Å². The van der Waals surface area contributed by atoms with Gasteiger partial charge in [0.2, 0.25) is 5.91 Å².